The van der Waals surface area contributed by atoms with E-state index in [1.54, 1.807) is 12.1 Å². The van der Waals surface area contributed by atoms with Gasteiger partial charge < -0.3 is 20.5 Å². The molecular formula is C15H21ClN2O3. The van der Waals surface area contributed by atoms with Gasteiger partial charge in [-0.2, -0.15) is 0 Å². The van der Waals surface area contributed by atoms with Crippen LogP contribution in [-0.4, -0.2) is 26.7 Å². The van der Waals surface area contributed by atoms with Crippen molar-refractivity contribution in [2.45, 2.75) is 19.3 Å². The zero-order chi connectivity index (χ0) is 15.4. The molecule has 1 saturated carbocycles. The number of methoxy groups -OCH3 is 2. The highest BCUT2D eigenvalue weighted by Crippen LogP contribution is 2.37. The minimum Gasteiger partial charge on any atom is -0.495 e. The summed E-state index contributed by atoms with van der Waals surface area (Å²) < 4.78 is 10.4. The number of hydrogen-bond acceptors (Lipinski definition) is 4. The molecule has 1 amide bonds. The lowest BCUT2D eigenvalue weighted by Gasteiger charge is -2.19. The van der Waals surface area contributed by atoms with Gasteiger partial charge in [-0.05, 0) is 31.4 Å². The van der Waals surface area contributed by atoms with Crippen LogP contribution in [0.15, 0.2) is 12.1 Å². The van der Waals surface area contributed by atoms with Gasteiger partial charge in [0.25, 0.3) is 0 Å². The molecule has 0 aliphatic heterocycles. The first kappa shape index (κ1) is 15.9. The van der Waals surface area contributed by atoms with Gasteiger partial charge >= 0.3 is 0 Å². The van der Waals surface area contributed by atoms with Crippen molar-refractivity contribution in [3.63, 3.8) is 0 Å². The van der Waals surface area contributed by atoms with E-state index in [0.29, 0.717) is 28.8 Å². The molecule has 0 heterocycles. The van der Waals surface area contributed by atoms with Crippen molar-refractivity contribution in [2.75, 3.05) is 26.1 Å². The lowest BCUT2D eigenvalue weighted by Crippen LogP contribution is -2.29. The van der Waals surface area contributed by atoms with Crippen LogP contribution in [0.5, 0.6) is 11.5 Å². The summed E-state index contributed by atoms with van der Waals surface area (Å²) in [4.78, 5) is 12.4. The number of ether oxygens (including phenoxy) is 2. The van der Waals surface area contributed by atoms with Crippen molar-refractivity contribution >= 4 is 23.2 Å². The van der Waals surface area contributed by atoms with E-state index in [0.717, 1.165) is 19.3 Å². The fourth-order valence-corrected chi connectivity index (χ4v) is 3.09. The van der Waals surface area contributed by atoms with Crippen molar-refractivity contribution in [3.8, 4) is 11.5 Å². The van der Waals surface area contributed by atoms with Crippen LogP contribution < -0.4 is 20.5 Å². The number of benzene rings is 1. The van der Waals surface area contributed by atoms with Gasteiger partial charge in [0.15, 0.2) is 0 Å². The summed E-state index contributed by atoms with van der Waals surface area (Å²) in [5, 5.41) is 3.33. The molecule has 5 nitrogen and oxygen atoms in total. The van der Waals surface area contributed by atoms with Crippen LogP contribution >= 0.6 is 11.6 Å². The largest absolute Gasteiger partial charge is 0.495 e. The normalized spacial score (nSPS) is 21.1. The number of hydrogen-bond donors (Lipinski definition) is 2. The van der Waals surface area contributed by atoms with Crippen LogP contribution in [0, 0.1) is 11.8 Å². The number of nitrogens with two attached hydrogens (primary N) is 1. The molecule has 0 bridgehead atoms. The lowest BCUT2D eigenvalue weighted by molar-refractivity contribution is -0.120. The Bertz CT molecular complexity index is 522. The van der Waals surface area contributed by atoms with E-state index in [2.05, 4.69) is 5.32 Å². The molecule has 1 fully saturated rings. The Morgan fingerprint density at radius 3 is 2.67 bits per heavy atom. The van der Waals surface area contributed by atoms with Gasteiger partial charge in [0.1, 0.15) is 11.5 Å². The third kappa shape index (κ3) is 3.41. The molecule has 21 heavy (non-hydrogen) atoms. The van der Waals surface area contributed by atoms with Crippen LogP contribution in [-0.2, 0) is 4.79 Å². The minimum atomic E-state index is -0.0411. The van der Waals surface area contributed by atoms with Crippen LogP contribution in [0.3, 0.4) is 0 Å². The lowest BCUT2D eigenvalue weighted by atomic mass is 9.95. The minimum absolute atomic E-state index is 0.0255. The summed E-state index contributed by atoms with van der Waals surface area (Å²) >= 11 is 6.11. The van der Waals surface area contributed by atoms with E-state index in [1.165, 1.54) is 14.2 Å². The molecule has 116 valence electrons. The van der Waals surface area contributed by atoms with Crippen LogP contribution in [0.25, 0.3) is 0 Å². The van der Waals surface area contributed by atoms with Crippen LogP contribution in [0.1, 0.15) is 19.3 Å². The Morgan fingerprint density at radius 2 is 2.05 bits per heavy atom. The third-order valence-electron chi connectivity index (χ3n) is 4.03. The first-order valence-electron chi connectivity index (χ1n) is 7.03. The molecule has 1 aromatic rings. The summed E-state index contributed by atoms with van der Waals surface area (Å²) in [6, 6.07) is 3.30. The molecule has 2 atom stereocenters. The third-order valence-corrected chi connectivity index (χ3v) is 4.33. The number of carbonyl (C=O) groups excluding carboxylic acids is 1. The van der Waals surface area contributed by atoms with Gasteiger partial charge in [0.2, 0.25) is 5.91 Å². The molecule has 1 aliphatic carbocycles. The number of rotatable bonds is 5. The van der Waals surface area contributed by atoms with Crippen LogP contribution in [0.4, 0.5) is 5.69 Å². The summed E-state index contributed by atoms with van der Waals surface area (Å²) in [6.45, 7) is 0.540. The average molecular weight is 313 g/mol. The van der Waals surface area contributed by atoms with E-state index < -0.39 is 0 Å². The molecule has 0 radical (unpaired) electrons. The van der Waals surface area contributed by atoms with Gasteiger partial charge in [-0.25, -0.2) is 0 Å². The SMILES string of the molecule is COc1cc(OC)c(NC(=O)C2CCCC2CN)cc1Cl. The molecule has 2 rings (SSSR count). The first-order valence-corrected chi connectivity index (χ1v) is 7.41. The van der Waals surface area contributed by atoms with Gasteiger partial charge in [-0.1, -0.05) is 18.0 Å². The fraction of sp³-hybridized carbons (Fsp3) is 0.533. The summed E-state index contributed by atoms with van der Waals surface area (Å²) in [6.07, 6.45) is 2.93. The van der Waals surface area contributed by atoms with Gasteiger partial charge in [-0.15, -0.1) is 0 Å². The zero-order valence-corrected chi connectivity index (χ0v) is 13.1. The summed E-state index contributed by atoms with van der Waals surface area (Å²) in [7, 11) is 3.07. The van der Waals surface area contributed by atoms with Crippen molar-refractivity contribution in [1.29, 1.82) is 0 Å². The van der Waals surface area contributed by atoms with Crippen LogP contribution in [0.2, 0.25) is 5.02 Å². The topological polar surface area (TPSA) is 73.6 Å². The highest BCUT2D eigenvalue weighted by Gasteiger charge is 2.32. The van der Waals surface area contributed by atoms with Gasteiger partial charge in [0, 0.05) is 12.0 Å². The molecule has 3 N–H and O–H groups in total. The number of amides is 1. The monoisotopic (exact) mass is 312 g/mol. The van der Waals surface area contributed by atoms with E-state index in [-0.39, 0.29) is 17.7 Å². The van der Waals surface area contributed by atoms with E-state index in [9.17, 15) is 4.79 Å². The first-order chi connectivity index (χ1) is 10.1. The maximum Gasteiger partial charge on any atom is 0.227 e. The molecule has 1 aromatic carbocycles. The van der Waals surface area contributed by atoms with Gasteiger partial charge in [-0.3, -0.25) is 4.79 Å². The molecule has 2 unspecified atom stereocenters. The smallest absolute Gasteiger partial charge is 0.227 e. The second kappa shape index (κ2) is 7.00. The van der Waals surface area contributed by atoms with Crippen molar-refractivity contribution in [2.24, 2.45) is 17.6 Å². The highest BCUT2D eigenvalue weighted by atomic mass is 35.5. The Labute approximate surface area is 129 Å². The maximum absolute atomic E-state index is 12.4. The molecule has 0 aromatic heterocycles. The quantitative estimate of drug-likeness (QED) is 0.876. The van der Waals surface area contributed by atoms with Gasteiger partial charge in [0.05, 0.1) is 24.9 Å². The second-order valence-electron chi connectivity index (χ2n) is 5.21. The molecule has 0 saturated heterocycles. The number of anilines is 1. The fourth-order valence-electron chi connectivity index (χ4n) is 2.85. The van der Waals surface area contributed by atoms with Crippen molar-refractivity contribution in [3.05, 3.63) is 17.2 Å². The Kier molecular flexibility index (Phi) is 5.31. The Hall–Kier alpha value is -1.46. The molecule has 0 spiro atoms. The maximum atomic E-state index is 12.4. The van der Waals surface area contributed by atoms with E-state index in [4.69, 9.17) is 26.8 Å². The predicted molar refractivity (Wildman–Crippen MR) is 83.1 cm³/mol. The zero-order valence-electron chi connectivity index (χ0n) is 12.3. The molecular weight excluding hydrogens is 292 g/mol. The van der Waals surface area contributed by atoms with E-state index >= 15 is 0 Å². The summed E-state index contributed by atoms with van der Waals surface area (Å²) in [5.74, 6) is 1.21. The number of carbonyl (C=O) groups is 1. The summed E-state index contributed by atoms with van der Waals surface area (Å²) in [5.41, 5.74) is 6.28. The number of nitrogens with one attached hydrogen (secondary N) is 1. The van der Waals surface area contributed by atoms with Crippen molar-refractivity contribution in [1.82, 2.24) is 0 Å². The standard InChI is InChI=1S/C15H21ClN2O3/c1-20-13-7-14(21-2)12(6-11(13)16)18-15(19)10-5-3-4-9(10)8-17/h6-7,9-10H,3-5,8,17H2,1-2H3,(H,18,19). The van der Waals surface area contributed by atoms with Crippen molar-refractivity contribution < 1.29 is 14.3 Å². The number of halogens is 1. The Balaban J connectivity index is 2.18. The molecule has 6 heteroatoms. The average Bonchev–Trinajstić information content (AvgIpc) is 2.96. The van der Waals surface area contributed by atoms with E-state index in [1.807, 2.05) is 0 Å². The Morgan fingerprint density at radius 1 is 1.33 bits per heavy atom. The predicted octanol–water partition coefficient (Wildman–Crippen LogP) is 2.67. The highest BCUT2D eigenvalue weighted by molar-refractivity contribution is 6.32. The second-order valence-corrected chi connectivity index (χ2v) is 5.62. The molecule has 1 aliphatic rings.